The quantitative estimate of drug-likeness (QED) is 0.744. The number of carbonyl (C=O) groups is 1. The lowest BCUT2D eigenvalue weighted by Crippen LogP contribution is -2.42. The molecule has 5 heteroatoms. The zero-order chi connectivity index (χ0) is 17.9. The van der Waals surface area contributed by atoms with Gasteiger partial charge in [0.2, 0.25) is 5.91 Å². The molecule has 4 rings (SSSR count). The molecule has 1 saturated carbocycles. The number of aromatic nitrogens is 2. The summed E-state index contributed by atoms with van der Waals surface area (Å²) < 4.78 is 0. The van der Waals surface area contributed by atoms with E-state index in [4.69, 9.17) is 0 Å². The molecule has 1 amide bonds. The lowest BCUT2D eigenvalue weighted by molar-refractivity contribution is -0.122. The average Bonchev–Trinajstić information content (AvgIpc) is 2.64. The fourth-order valence-electron chi connectivity index (χ4n) is 3.55. The van der Waals surface area contributed by atoms with Crippen LogP contribution in [-0.2, 0) is 11.2 Å². The van der Waals surface area contributed by atoms with Gasteiger partial charge in [0.05, 0.1) is 24.1 Å². The standard InChI is InChI=1S/C21H21N3O2/c25-18-10-16(11-18)21(24-20(26)8-14-4-3-7-22-12-14)17-9-15-5-1-2-6-19(15)23-13-17/h1-7,9,12-13,16,18,21,25H,8,10-11H2,(H,24,26)/t16?,18?,21-/m1/s1. The first-order valence-corrected chi connectivity index (χ1v) is 8.90. The number of aliphatic hydroxyl groups excluding tert-OH is 1. The number of aliphatic hydroxyl groups is 1. The van der Waals surface area contributed by atoms with Crippen LogP contribution in [0.3, 0.4) is 0 Å². The van der Waals surface area contributed by atoms with Gasteiger partial charge in [-0.25, -0.2) is 0 Å². The Labute approximate surface area is 152 Å². The number of benzene rings is 1. The van der Waals surface area contributed by atoms with Crippen LogP contribution in [-0.4, -0.2) is 27.1 Å². The van der Waals surface area contributed by atoms with E-state index in [0.717, 1.165) is 22.0 Å². The Bertz CT molecular complexity index is 907. The van der Waals surface area contributed by atoms with E-state index in [9.17, 15) is 9.90 Å². The van der Waals surface area contributed by atoms with Gasteiger partial charge in [0, 0.05) is 24.0 Å². The van der Waals surface area contributed by atoms with Gasteiger partial charge in [0.1, 0.15) is 0 Å². The van der Waals surface area contributed by atoms with Gasteiger partial charge in [-0.15, -0.1) is 0 Å². The molecule has 132 valence electrons. The molecule has 0 unspecified atom stereocenters. The number of fused-ring (bicyclic) bond motifs is 1. The molecule has 1 aliphatic carbocycles. The van der Waals surface area contributed by atoms with E-state index >= 15 is 0 Å². The first kappa shape index (κ1) is 16.7. The second kappa shape index (κ2) is 7.22. The van der Waals surface area contributed by atoms with Gasteiger partial charge >= 0.3 is 0 Å². The van der Waals surface area contributed by atoms with Crippen molar-refractivity contribution in [3.63, 3.8) is 0 Å². The van der Waals surface area contributed by atoms with Gasteiger partial charge in [0.15, 0.2) is 0 Å². The number of hydrogen-bond acceptors (Lipinski definition) is 4. The predicted molar refractivity (Wildman–Crippen MR) is 99.3 cm³/mol. The van der Waals surface area contributed by atoms with Crippen LogP contribution in [0.4, 0.5) is 0 Å². The lowest BCUT2D eigenvalue weighted by Gasteiger charge is -2.38. The minimum atomic E-state index is -0.272. The molecular weight excluding hydrogens is 326 g/mol. The Morgan fingerprint density at radius 3 is 2.81 bits per heavy atom. The lowest BCUT2D eigenvalue weighted by atomic mass is 9.75. The fourth-order valence-corrected chi connectivity index (χ4v) is 3.55. The highest BCUT2D eigenvalue weighted by Crippen LogP contribution is 2.38. The summed E-state index contributed by atoms with van der Waals surface area (Å²) in [5, 5.41) is 13.9. The second-order valence-electron chi connectivity index (χ2n) is 6.93. The first-order valence-electron chi connectivity index (χ1n) is 8.90. The van der Waals surface area contributed by atoms with Crippen LogP contribution >= 0.6 is 0 Å². The molecular formula is C21H21N3O2. The van der Waals surface area contributed by atoms with Crippen molar-refractivity contribution in [2.45, 2.75) is 31.4 Å². The predicted octanol–water partition coefficient (Wildman–Crippen LogP) is 2.80. The first-order chi connectivity index (χ1) is 12.7. The summed E-state index contributed by atoms with van der Waals surface area (Å²) >= 11 is 0. The van der Waals surface area contributed by atoms with Gasteiger partial charge in [-0.3, -0.25) is 14.8 Å². The van der Waals surface area contributed by atoms with E-state index in [1.807, 2.05) is 42.6 Å². The maximum Gasteiger partial charge on any atom is 0.224 e. The van der Waals surface area contributed by atoms with Crippen LogP contribution in [0.1, 0.15) is 30.0 Å². The number of hydrogen-bond donors (Lipinski definition) is 2. The third kappa shape index (κ3) is 3.58. The SMILES string of the molecule is O=C(Cc1cccnc1)N[C@@H](c1cnc2ccccc2c1)C1CC(O)C1. The second-order valence-corrected chi connectivity index (χ2v) is 6.93. The zero-order valence-electron chi connectivity index (χ0n) is 14.4. The normalized spacial score (nSPS) is 20.3. The number of rotatable bonds is 5. The third-order valence-corrected chi connectivity index (χ3v) is 5.00. The minimum Gasteiger partial charge on any atom is -0.393 e. The number of nitrogens with zero attached hydrogens (tertiary/aromatic N) is 2. The molecule has 1 fully saturated rings. The van der Waals surface area contributed by atoms with Crippen LogP contribution in [0.25, 0.3) is 10.9 Å². The van der Waals surface area contributed by atoms with Crippen molar-refractivity contribution in [2.24, 2.45) is 5.92 Å². The van der Waals surface area contributed by atoms with E-state index in [1.165, 1.54) is 0 Å². The number of amides is 1. The van der Waals surface area contributed by atoms with Crippen molar-refractivity contribution in [2.75, 3.05) is 0 Å². The van der Waals surface area contributed by atoms with Crippen molar-refractivity contribution < 1.29 is 9.90 Å². The molecule has 2 heterocycles. The van der Waals surface area contributed by atoms with Gasteiger partial charge in [0.25, 0.3) is 0 Å². The summed E-state index contributed by atoms with van der Waals surface area (Å²) in [7, 11) is 0. The Kier molecular flexibility index (Phi) is 4.63. The van der Waals surface area contributed by atoms with Crippen LogP contribution in [0.5, 0.6) is 0 Å². The average molecular weight is 347 g/mol. The molecule has 5 nitrogen and oxygen atoms in total. The Hall–Kier alpha value is -2.79. The Balaban J connectivity index is 1.56. The Morgan fingerprint density at radius 2 is 2.04 bits per heavy atom. The highest BCUT2D eigenvalue weighted by molar-refractivity contribution is 5.80. The summed E-state index contributed by atoms with van der Waals surface area (Å²) in [6.45, 7) is 0. The summed E-state index contributed by atoms with van der Waals surface area (Å²) in [5.74, 6) is 0.184. The van der Waals surface area contributed by atoms with Crippen molar-refractivity contribution >= 4 is 16.8 Å². The maximum atomic E-state index is 12.6. The van der Waals surface area contributed by atoms with E-state index < -0.39 is 0 Å². The van der Waals surface area contributed by atoms with Gasteiger partial charge in [-0.1, -0.05) is 24.3 Å². The topological polar surface area (TPSA) is 75.1 Å². The van der Waals surface area contributed by atoms with Crippen LogP contribution in [0.2, 0.25) is 0 Å². The van der Waals surface area contributed by atoms with Gasteiger partial charge < -0.3 is 10.4 Å². The summed E-state index contributed by atoms with van der Waals surface area (Å²) in [4.78, 5) is 21.2. The molecule has 2 aromatic heterocycles. The Morgan fingerprint density at radius 1 is 1.19 bits per heavy atom. The van der Waals surface area contributed by atoms with Crippen molar-refractivity contribution in [3.05, 3.63) is 72.2 Å². The van der Waals surface area contributed by atoms with E-state index in [2.05, 4.69) is 21.4 Å². The zero-order valence-corrected chi connectivity index (χ0v) is 14.4. The summed E-state index contributed by atoms with van der Waals surface area (Å²) in [5.41, 5.74) is 2.81. The molecule has 1 atom stereocenters. The molecule has 3 aromatic rings. The number of para-hydroxylation sites is 1. The van der Waals surface area contributed by atoms with Crippen molar-refractivity contribution in [1.82, 2.24) is 15.3 Å². The largest absolute Gasteiger partial charge is 0.393 e. The van der Waals surface area contributed by atoms with Crippen LogP contribution < -0.4 is 5.32 Å². The fraction of sp³-hybridized carbons (Fsp3) is 0.286. The van der Waals surface area contributed by atoms with E-state index in [-0.39, 0.29) is 24.0 Å². The van der Waals surface area contributed by atoms with E-state index in [1.54, 1.807) is 12.4 Å². The smallest absolute Gasteiger partial charge is 0.224 e. The molecule has 0 spiro atoms. The van der Waals surface area contributed by atoms with Gasteiger partial charge in [-0.2, -0.15) is 0 Å². The monoisotopic (exact) mass is 347 g/mol. The van der Waals surface area contributed by atoms with Crippen molar-refractivity contribution in [3.8, 4) is 0 Å². The number of carbonyl (C=O) groups excluding carboxylic acids is 1. The molecule has 0 aliphatic heterocycles. The molecule has 1 aliphatic rings. The van der Waals surface area contributed by atoms with E-state index in [0.29, 0.717) is 19.3 Å². The van der Waals surface area contributed by atoms with Crippen LogP contribution in [0.15, 0.2) is 61.1 Å². The molecule has 0 bridgehead atoms. The molecule has 0 saturated heterocycles. The third-order valence-electron chi connectivity index (χ3n) is 5.00. The highest BCUT2D eigenvalue weighted by atomic mass is 16.3. The number of pyridine rings is 2. The van der Waals surface area contributed by atoms with Gasteiger partial charge in [-0.05, 0) is 48.1 Å². The molecule has 26 heavy (non-hydrogen) atoms. The van der Waals surface area contributed by atoms with Crippen molar-refractivity contribution in [1.29, 1.82) is 0 Å². The molecule has 2 N–H and O–H groups in total. The maximum absolute atomic E-state index is 12.6. The van der Waals surface area contributed by atoms with Crippen LogP contribution in [0, 0.1) is 5.92 Å². The minimum absolute atomic E-state index is 0.0439. The molecule has 1 aromatic carbocycles. The summed E-state index contributed by atoms with van der Waals surface area (Å²) in [6, 6.07) is 13.6. The molecule has 0 radical (unpaired) electrons. The summed E-state index contributed by atoms with van der Waals surface area (Å²) in [6.07, 6.45) is 6.66. The number of nitrogens with one attached hydrogen (secondary N) is 1. The highest BCUT2D eigenvalue weighted by Gasteiger charge is 2.35.